The molecule has 1 aliphatic heterocycles. The summed E-state index contributed by atoms with van der Waals surface area (Å²) in [4.78, 5) is 15.0. The first-order valence-corrected chi connectivity index (χ1v) is 11.7. The largest absolute Gasteiger partial charge is 0.330 e. The second kappa shape index (κ2) is 8.15. The number of carbonyl (C=O) groups excluding carboxylic acids is 1. The molecule has 0 aromatic heterocycles. The fourth-order valence-corrected chi connectivity index (χ4v) is 5.57. The SMILES string of the molecule is CC(C)c1ccc(CN(C(=O)c2ccccc2Br)[C@@H]2CCS(=O)(=O)C2)cc1. The third-order valence-corrected chi connectivity index (χ3v) is 7.46. The van der Waals surface area contributed by atoms with Crippen LogP contribution < -0.4 is 0 Å². The number of rotatable bonds is 5. The highest BCUT2D eigenvalue weighted by atomic mass is 79.9. The van der Waals surface area contributed by atoms with Gasteiger partial charge in [-0.25, -0.2) is 8.42 Å². The maximum Gasteiger partial charge on any atom is 0.255 e. The highest BCUT2D eigenvalue weighted by Gasteiger charge is 2.35. The highest BCUT2D eigenvalue weighted by molar-refractivity contribution is 9.10. The number of sulfone groups is 1. The van der Waals surface area contributed by atoms with E-state index in [1.807, 2.05) is 30.3 Å². The molecule has 1 atom stereocenters. The molecule has 0 radical (unpaired) electrons. The fraction of sp³-hybridized carbons (Fsp3) is 0.381. The van der Waals surface area contributed by atoms with Crippen LogP contribution in [0.4, 0.5) is 0 Å². The molecular formula is C21H24BrNO3S. The maximum atomic E-state index is 13.2. The minimum Gasteiger partial charge on any atom is -0.330 e. The van der Waals surface area contributed by atoms with E-state index in [1.54, 1.807) is 11.0 Å². The summed E-state index contributed by atoms with van der Waals surface area (Å²) in [5.41, 5.74) is 2.80. The van der Waals surface area contributed by atoms with Crippen molar-refractivity contribution in [2.45, 2.75) is 38.8 Å². The molecule has 2 aromatic rings. The zero-order valence-electron chi connectivity index (χ0n) is 15.6. The monoisotopic (exact) mass is 449 g/mol. The number of nitrogens with zero attached hydrogens (tertiary/aromatic N) is 1. The van der Waals surface area contributed by atoms with E-state index < -0.39 is 9.84 Å². The lowest BCUT2D eigenvalue weighted by Gasteiger charge is -2.29. The minimum atomic E-state index is -3.08. The van der Waals surface area contributed by atoms with Gasteiger partial charge in [0.05, 0.1) is 17.1 Å². The first-order chi connectivity index (χ1) is 12.8. The van der Waals surface area contributed by atoms with Crippen LogP contribution in [-0.4, -0.2) is 36.8 Å². The Labute approximate surface area is 169 Å². The van der Waals surface area contributed by atoms with E-state index in [4.69, 9.17) is 0 Å². The van der Waals surface area contributed by atoms with Gasteiger partial charge in [-0.3, -0.25) is 4.79 Å². The molecule has 1 amide bonds. The molecular weight excluding hydrogens is 426 g/mol. The Bertz CT molecular complexity index is 923. The second-order valence-corrected chi connectivity index (χ2v) is 10.4. The average Bonchev–Trinajstić information content (AvgIpc) is 2.99. The molecule has 1 aliphatic rings. The van der Waals surface area contributed by atoms with E-state index in [0.29, 0.717) is 24.4 Å². The first kappa shape index (κ1) is 20.1. The van der Waals surface area contributed by atoms with Crippen molar-refractivity contribution >= 4 is 31.7 Å². The fourth-order valence-electron chi connectivity index (χ4n) is 3.38. The molecule has 27 heavy (non-hydrogen) atoms. The summed E-state index contributed by atoms with van der Waals surface area (Å²) < 4.78 is 24.7. The van der Waals surface area contributed by atoms with Crippen LogP contribution in [0.1, 0.15) is 47.7 Å². The van der Waals surface area contributed by atoms with Crippen LogP contribution in [0.2, 0.25) is 0 Å². The molecule has 6 heteroatoms. The molecule has 0 saturated carbocycles. The standard InChI is InChI=1S/C21H24BrNO3S/c1-15(2)17-9-7-16(8-10-17)13-23(18-11-12-27(25,26)14-18)21(24)19-5-3-4-6-20(19)22/h3-10,15,18H,11-14H2,1-2H3/t18-/m1/s1. The van der Waals surface area contributed by atoms with Gasteiger partial charge < -0.3 is 4.90 Å². The number of halogens is 1. The quantitative estimate of drug-likeness (QED) is 0.679. The van der Waals surface area contributed by atoms with Gasteiger partial charge in [-0.15, -0.1) is 0 Å². The van der Waals surface area contributed by atoms with Gasteiger partial charge in [0.25, 0.3) is 5.91 Å². The average molecular weight is 450 g/mol. The van der Waals surface area contributed by atoms with Crippen LogP contribution in [0.15, 0.2) is 53.0 Å². The van der Waals surface area contributed by atoms with Gasteiger partial charge in [0.1, 0.15) is 0 Å². The molecule has 0 unspecified atom stereocenters. The Balaban J connectivity index is 1.90. The summed E-state index contributed by atoms with van der Waals surface area (Å²) >= 11 is 3.44. The lowest BCUT2D eigenvalue weighted by molar-refractivity contribution is 0.0680. The molecule has 1 saturated heterocycles. The summed E-state index contributed by atoms with van der Waals surface area (Å²) in [6, 6.07) is 15.2. The minimum absolute atomic E-state index is 0.0350. The van der Waals surface area contributed by atoms with Crippen molar-refractivity contribution in [2.24, 2.45) is 0 Å². The lowest BCUT2D eigenvalue weighted by atomic mass is 10.0. The van der Waals surface area contributed by atoms with Gasteiger partial charge in [0.2, 0.25) is 0 Å². The Hall–Kier alpha value is -1.66. The van der Waals surface area contributed by atoms with Crippen LogP contribution in [0.3, 0.4) is 0 Å². The van der Waals surface area contributed by atoms with Crippen molar-refractivity contribution in [1.82, 2.24) is 4.90 Å². The van der Waals surface area contributed by atoms with Crippen molar-refractivity contribution in [3.8, 4) is 0 Å². The normalized spacial score (nSPS) is 18.6. The smallest absolute Gasteiger partial charge is 0.255 e. The Morgan fingerprint density at radius 1 is 1.15 bits per heavy atom. The molecule has 144 valence electrons. The number of carbonyl (C=O) groups is 1. The van der Waals surface area contributed by atoms with E-state index in [-0.39, 0.29) is 23.5 Å². The molecule has 0 spiro atoms. The van der Waals surface area contributed by atoms with E-state index in [1.165, 1.54) is 5.56 Å². The van der Waals surface area contributed by atoms with Crippen LogP contribution >= 0.6 is 15.9 Å². The molecule has 0 bridgehead atoms. The van der Waals surface area contributed by atoms with Crippen molar-refractivity contribution in [3.05, 3.63) is 69.7 Å². The van der Waals surface area contributed by atoms with E-state index in [0.717, 1.165) is 10.0 Å². The van der Waals surface area contributed by atoms with Crippen molar-refractivity contribution < 1.29 is 13.2 Å². The molecule has 1 heterocycles. The molecule has 0 N–H and O–H groups in total. The summed E-state index contributed by atoms with van der Waals surface area (Å²) in [6.07, 6.45) is 0.489. The lowest BCUT2D eigenvalue weighted by Crippen LogP contribution is -2.40. The molecule has 1 fully saturated rings. The van der Waals surface area contributed by atoms with Gasteiger partial charge in [-0.2, -0.15) is 0 Å². The van der Waals surface area contributed by atoms with Gasteiger partial charge in [-0.05, 0) is 51.5 Å². The third-order valence-electron chi connectivity index (χ3n) is 5.01. The number of hydrogen-bond donors (Lipinski definition) is 0. The summed E-state index contributed by atoms with van der Waals surface area (Å²) in [5.74, 6) is 0.478. The van der Waals surface area contributed by atoms with Crippen LogP contribution in [0, 0.1) is 0 Å². The number of amides is 1. The molecule has 4 nitrogen and oxygen atoms in total. The Morgan fingerprint density at radius 3 is 2.37 bits per heavy atom. The maximum absolute atomic E-state index is 13.2. The van der Waals surface area contributed by atoms with Crippen molar-refractivity contribution in [2.75, 3.05) is 11.5 Å². The Kier molecular flexibility index (Phi) is 6.06. The second-order valence-electron chi connectivity index (χ2n) is 7.37. The molecule has 0 aliphatic carbocycles. The topological polar surface area (TPSA) is 54.5 Å². The van der Waals surface area contributed by atoms with Crippen LogP contribution in [0.25, 0.3) is 0 Å². The first-order valence-electron chi connectivity index (χ1n) is 9.11. The zero-order chi connectivity index (χ0) is 19.6. The van der Waals surface area contributed by atoms with Gasteiger partial charge in [0, 0.05) is 17.1 Å². The van der Waals surface area contributed by atoms with Crippen molar-refractivity contribution in [1.29, 1.82) is 0 Å². The predicted molar refractivity (Wildman–Crippen MR) is 112 cm³/mol. The van der Waals surface area contributed by atoms with E-state index >= 15 is 0 Å². The molecule has 2 aromatic carbocycles. The highest BCUT2D eigenvalue weighted by Crippen LogP contribution is 2.26. The predicted octanol–water partition coefficient (Wildman–Crippen LogP) is 4.40. The van der Waals surface area contributed by atoms with Crippen molar-refractivity contribution in [3.63, 3.8) is 0 Å². The summed E-state index contributed by atoms with van der Waals surface area (Å²) in [5, 5.41) is 0. The number of benzene rings is 2. The third kappa shape index (κ3) is 4.79. The van der Waals surface area contributed by atoms with Crippen LogP contribution in [0.5, 0.6) is 0 Å². The van der Waals surface area contributed by atoms with Gasteiger partial charge >= 0.3 is 0 Å². The molecule has 3 rings (SSSR count). The number of hydrogen-bond acceptors (Lipinski definition) is 3. The Morgan fingerprint density at radius 2 is 1.81 bits per heavy atom. The van der Waals surface area contributed by atoms with Crippen LogP contribution in [-0.2, 0) is 16.4 Å². The summed E-state index contributed by atoms with van der Waals surface area (Å²) in [7, 11) is -3.08. The van der Waals surface area contributed by atoms with E-state index in [2.05, 4.69) is 41.9 Å². The van der Waals surface area contributed by atoms with Gasteiger partial charge in [0.15, 0.2) is 9.84 Å². The zero-order valence-corrected chi connectivity index (χ0v) is 18.0. The summed E-state index contributed by atoms with van der Waals surface area (Å²) in [6.45, 7) is 4.68. The van der Waals surface area contributed by atoms with Gasteiger partial charge in [-0.1, -0.05) is 50.2 Å². The van der Waals surface area contributed by atoms with E-state index in [9.17, 15) is 13.2 Å².